The summed E-state index contributed by atoms with van der Waals surface area (Å²) in [5.74, 6) is 2.79. The first-order valence-corrected chi connectivity index (χ1v) is 12.6. The van der Waals surface area contributed by atoms with Crippen LogP contribution in [0.2, 0.25) is 0 Å². The number of anilines is 1. The summed E-state index contributed by atoms with van der Waals surface area (Å²) in [6, 6.07) is 18.5. The van der Waals surface area contributed by atoms with Gasteiger partial charge in [0.1, 0.15) is 35.1 Å². The molecule has 1 aliphatic carbocycles. The Morgan fingerprint density at radius 2 is 1.76 bits per heavy atom. The Labute approximate surface area is 214 Å². The number of benzene rings is 2. The van der Waals surface area contributed by atoms with E-state index in [9.17, 15) is 5.11 Å². The summed E-state index contributed by atoms with van der Waals surface area (Å²) < 4.78 is 8.23. The van der Waals surface area contributed by atoms with Gasteiger partial charge in [-0.15, -0.1) is 0 Å². The molecule has 0 radical (unpaired) electrons. The first-order valence-electron chi connectivity index (χ1n) is 12.6. The van der Waals surface area contributed by atoms with Gasteiger partial charge in [-0.3, -0.25) is 5.43 Å². The van der Waals surface area contributed by atoms with Crippen molar-refractivity contribution in [3.05, 3.63) is 67.1 Å². The van der Waals surface area contributed by atoms with Gasteiger partial charge in [-0.2, -0.15) is 5.10 Å². The highest BCUT2D eigenvalue weighted by Crippen LogP contribution is 2.38. The lowest BCUT2D eigenvalue weighted by molar-refractivity contribution is 0.137. The molecule has 1 saturated carbocycles. The van der Waals surface area contributed by atoms with E-state index in [0.29, 0.717) is 24.4 Å². The second kappa shape index (κ2) is 10.1. The summed E-state index contributed by atoms with van der Waals surface area (Å²) in [6.45, 7) is 0.601. The van der Waals surface area contributed by atoms with Crippen molar-refractivity contribution in [3.8, 4) is 22.6 Å². The zero-order chi connectivity index (χ0) is 25.2. The average molecular weight is 499 g/mol. The number of aliphatic hydroxyl groups is 1. The summed E-state index contributed by atoms with van der Waals surface area (Å²) in [5, 5.41) is 20.8. The number of ether oxygens (including phenoxy) is 1. The number of hydrogen-bond donors (Lipinski definition) is 5. The van der Waals surface area contributed by atoms with E-state index in [2.05, 4.69) is 54.0 Å². The molecule has 0 bridgehead atoms. The standard InChI is InChI=1S/C27H30N8O2/c28-25-24-22(17-6-12-21(13-7-17)37-20-4-2-1-3-5-20)15-35(26(24)31-16-30-25)19-10-8-18(9-11-19)29-14-23-32-27(36)34-33-23/h1-7,12-13,15-16,18-19,27,29,34,36H,8-11,14H2,(H,32,33)(H2,28,30,31)/t18-,19-,27?. The molecule has 1 aliphatic heterocycles. The maximum Gasteiger partial charge on any atom is 0.218 e. The number of nitrogens with one attached hydrogen (secondary N) is 3. The fourth-order valence-electron chi connectivity index (χ4n) is 5.18. The summed E-state index contributed by atoms with van der Waals surface area (Å²) in [7, 11) is 0. The molecule has 2 aromatic carbocycles. The quantitative estimate of drug-likeness (QED) is 0.262. The van der Waals surface area contributed by atoms with Gasteiger partial charge in [0.05, 0.1) is 11.9 Å². The largest absolute Gasteiger partial charge is 0.457 e. The van der Waals surface area contributed by atoms with E-state index >= 15 is 0 Å². The summed E-state index contributed by atoms with van der Waals surface area (Å²) in [6.07, 6.45) is 7.03. The first-order chi connectivity index (χ1) is 18.1. The second-order valence-electron chi connectivity index (χ2n) is 9.47. The number of nitrogens with zero attached hydrogens (tertiary/aromatic N) is 4. The minimum Gasteiger partial charge on any atom is -0.457 e. The molecule has 2 aromatic heterocycles. The fraction of sp³-hybridized carbons (Fsp3) is 0.296. The van der Waals surface area contributed by atoms with Crippen LogP contribution in [0, 0.1) is 0 Å². The summed E-state index contributed by atoms with van der Waals surface area (Å²) in [5.41, 5.74) is 11.9. The Morgan fingerprint density at radius 3 is 2.49 bits per heavy atom. The van der Waals surface area contributed by atoms with Crippen molar-refractivity contribution in [2.45, 2.75) is 44.1 Å². The molecule has 0 spiro atoms. The average Bonchev–Trinajstić information content (AvgIpc) is 3.53. The zero-order valence-corrected chi connectivity index (χ0v) is 20.3. The molecule has 10 nitrogen and oxygen atoms in total. The van der Waals surface area contributed by atoms with Gasteiger partial charge in [0, 0.05) is 23.8 Å². The number of nitrogen functional groups attached to an aromatic ring is 1. The van der Waals surface area contributed by atoms with Crippen LogP contribution in [0.3, 0.4) is 0 Å². The van der Waals surface area contributed by atoms with Gasteiger partial charge in [-0.05, 0) is 55.5 Å². The van der Waals surface area contributed by atoms with Crippen LogP contribution < -0.4 is 26.5 Å². The highest BCUT2D eigenvalue weighted by atomic mass is 16.5. The number of rotatable bonds is 7. The maximum atomic E-state index is 9.47. The summed E-state index contributed by atoms with van der Waals surface area (Å²) >= 11 is 0. The molecule has 4 aromatic rings. The van der Waals surface area contributed by atoms with Crippen LogP contribution in [0.15, 0.2) is 72.2 Å². The van der Waals surface area contributed by atoms with Crippen molar-refractivity contribution in [3.63, 3.8) is 0 Å². The number of hydrazone groups is 1. The highest BCUT2D eigenvalue weighted by molar-refractivity contribution is 6.00. The Kier molecular flexibility index (Phi) is 6.33. The molecule has 37 heavy (non-hydrogen) atoms. The molecule has 1 fully saturated rings. The van der Waals surface area contributed by atoms with Crippen molar-refractivity contribution in [1.29, 1.82) is 0 Å². The molecule has 10 heteroatoms. The van der Waals surface area contributed by atoms with Gasteiger partial charge >= 0.3 is 0 Å². The molecule has 6 rings (SSSR count). The van der Waals surface area contributed by atoms with Crippen LogP contribution >= 0.6 is 0 Å². The van der Waals surface area contributed by atoms with E-state index in [0.717, 1.165) is 65.2 Å². The van der Waals surface area contributed by atoms with E-state index in [1.165, 1.54) is 0 Å². The maximum absolute atomic E-state index is 9.47. The summed E-state index contributed by atoms with van der Waals surface area (Å²) in [4.78, 5) is 8.91. The number of fused-ring (bicyclic) bond motifs is 1. The minimum atomic E-state index is -0.800. The normalized spacial score (nSPS) is 21.3. The Morgan fingerprint density at radius 1 is 1.00 bits per heavy atom. The van der Waals surface area contributed by atoms with Gasteiger partial charge in [0.15, 0.2) is 0 Å². The van der Waals surface area contributed by atoms with E-state index in [1.807, 2.05) is 42.5 Å². The van der Waals surface area contributed by atoms with Crippen LogP contribution in [0.1, 0.15) is 31.7 Å². The van der Waals surface area contributed by atoms with Crippen molar-refractivity contribution < 1.29 is 9.84 Å². The van der Waals surface area contributed by atoms with E-state index in [-0.39, 0.29) is 0 Å². The highest BCUT2D eigenvalue weighted by Gasteiger charge is 2.26. The molecule has 0 amide bonds. The number of nitrogens with two attached hydrogens (primary N) is 1. The third-order valence-electron chi connectivity index (χ3n) is 7.06. The lowest BCUT2D eigenvalue weighted by Gasteiger charge is -2.30. The number of hydrogen-bond acceptors (Lipinski definition) is 9. The molecule has 2 aliphatic rings. The van der Waals surface area contributed by atoms with Crippen molar-refractivity contribution in [2.24, 2.45) is 5.10 Å². The number of aromatic nitrogens is 3. The topological polar surface area (TPSA) is 135 Å². The molecule has 6 N–H and O–H groups in total. The minimum absolute atomic E-state index is 0.328. The van der Waals surface area contributed by atoms with Gasteiger partial charge in [0.2, 0.25) is 6.35 Å². The van der Waals surface area contributed by atoms with Gasteiger partial charge in [0.25, 0.3) is 0 Å². The molecule has 1 atom stereocenters. The number of para-hydroxylation sites is 1. The smallest absolute Gasteiger partial charge is 0.218 e. The SMILES string of the molecule is Nc1ncnc2c1c(-c1ccc(Oc3ccccc3)cc1)cn2[C@H]1CC[C@H](NCC2=NNC(O)N2)CC1. The molecule has 3 heterocycles. The van der Waals surface area contributed by atoms with E-state index in [1.54, 1.807) is 6.33 Å². The Hall–Kier alpha value is -4.15. The zero-order valence-electron chi connectivity index (χ0n) is 20.3. The van der Waals surface area contributed by atoms with Crippen LogP contribution in [0.5, 0.6) is 11.5 Å². The van der Waals surface area contributed by atoms with Crippen molar-refractivity contribution >= 4 is 22.7 Å². The van der Waals surface area contributed by atoms with E-state index in [4.69, 9.17) is 10.5 Å². The number of aliphatic hydroxyl groups excluding tert-OH is 1. The first kappa shape index (κ1) is 23.3. The fourth-order valence-corrected chi connectivity index (χ4v) is 5.18. The van der Waals surface area contributed by atoms with Crippen LogP contribution in [-0.4, -0.2) is 44.4 Å². The monoisotopic (exact) mass is 498 g/mol. The number of amidine groups is 1. The van der Waals surface area contributed by atoms with Gasteiger partial charge in [-0.1, -0.05) is 30.3 Å². The van der Waals surface area contributed by atoms with Crippen LogP contribution in [0.4, 0.5) is 5.82 Å². The Bertz CT molecular complexity index is 1400. The Balaban J connectivity index is 1.19. The van der Waals surface area contributed by atoms with E-state index < -0.39 is 6.35 Å². The molecule has 0 saturated heterocycles. The van der Waals surface area contributed by atoms with Gasteiger partial charge in [-0.25, -0.2) is 9.97 Å². The third-order valence-corrected chi connectivity index (χ3v) is 7.06. The third kappa shape index (κ3) is 4.93. The predicted octanol–water partition coefficient (Wildman–Crippen LogP) is 3.33. The lowest BCUT2D eigenvalue weighted by atomic mass is 9.91. The van der Waals surface area contributed by atoms with Crippen molar-refractivity contribution in [1.82, 2.24) is 30.6 Å². The predicted molar refractivity (Wildman–Crippen MR) is 143 cm³/mol. The van der Waals surface area contributed by atoms with Gasteiger partial charge < -0.3 is 30.8 Å². The second-order valence-corrected chi connectivity index (χ2v) is 9.47. The van der Waals surface area contributed by atoms with Crippen LogP contribution in [0.25, 0.3) is 22.2 Å². The molecule has 1 unspecified atom stereocenters. The molecule has 190 valence electrons. The van der Waals surface area contributed by atoms with Crippen LogP contribution in [-0.2, 0) is 0 Å². The van der Waals surface area contributed by atoms with Crippen molar-refractivity contribution in [2.75, 3.05) is 12.3 Å². The molecular weight excluding hydrogens is 468 g/mol. The lowest BCUT2D eigenvalue weighted by Crippen LogP contribution is -2.42. The molecular formula is C27H30N8O2.